The van der Waals surface area contributed by atoms with Gasteiger partial charge in [-0.15, -0.1) is 11.3 Å². The van der Waals surface area contributed by atoms with Crippen molar-refractivity contribution in [2.75, 3.05) is 38.6 Å². The van der Waals surface area contributed by atoms with E-state index in [9.17, 15) is 18.0 Å². The third-order valence-electron chi connectivity index (χ3n) is 6.67. The normalized spacial score (nSPS) is 19.2. The Morgan fingerprint density at radius 2 is 1.94 bits per heavy atom. The molecule has 0 aliphatic carbocycles. The van der Waals surface area contributed by atoms with Crippen LogP contribution in [0.25, 0.3) is 0 Å². The van der Waals surface area contributed by atoms with Gasteiger partial charge in [0.2, 0.25) is 10.0 Å². The van der Waals surface area contributed by atoms with Gasteiger partial charge in [-0.2, -0.15) is 4.31 Å². The van der Waals surface area contributed by atoms with Crippen LogP contribution in [0.3, 0.4) is 0 Å². The molecule has 1 fully saturated rings. The summed E-state index contributed by atoms with van der Waals surface area (Å²) in [6.45, 7) is 7.82. The smallest absolute Gasteiger partial charge is 0.341 e. The lowest BCUT2D eigenvalue weighted by Crippen LogP contribution is -2.39. The van der Waals surface area contributed by atoms with Gasteiger partial charge in [0.25, 0.3) is 5.91 Å². The van der Waals surface area contributed by atoms with Crippen molar-refractivity contribution in [1.29, 1.82) is 0 Å². The van der Waals surface area contributed by atoms with E-state index in [-0.39, 0.29) is 4.90 Å². The zero-order valence-electron chi connectivity index (χ0n) is 20.5. The lowest BCUT2D eigenvalue weighted by atomic mass is 10.0. The SMILES string of the molecule is CCCN1CCc2c(sc(NC(=O)c3ccc(S(=O)(=O)N4CCCC(C)C4)cc3)c2C(=O)OC)C1. The number of fused-ring (bicyclic) bond motifs is 1. The molecule has 4 rings (SSSR count). The fourth-order valence-electron chi connectivity index (χ4n) is 4.84. The zero-order chi connectivity index (χ0) is 25.2. The van der Waals surface area contributed by atoms with Gasteiger partial charge in [-0.05, 0) is 68.0 Å². The number of anilines is 1. The van der Waals surface area contributed by atoms with E-state index in [2.05, 4.69) is 24.1 Å². The molecule has 1 unspecified atom stereocenters. The topological polar surface area (TPSA) is 96.0 Å². The van der Waals surface area contributed by atoms with E-state index >= 15 is 0 Å². The molecule has 3 heterocycles. The quantitative estimate of drug-likeness (QED) is 0.556. The molecule has 35 heavy (non-hydrogen) atoms. The van der Waals surface area contributed by atoms with Crippen LogP contribution in [0.15, 0.2) is 29.2 Å². The highest BCUT2D eigenvalue weighted by molar-refractivity contribution is 7.89. The van der Waals surface area contributed by atoms with E-state index < -0.39 is 21.9 Å². The van der Waals surface area contributed by atoms with Gasteiger partial charge < -0.3 is 10.1 Å². The molecular formula is C25H33N3O5S2. The molecule has 10 heteroatoms. The number of thiophene rings is 1. The van der Waals surface area contributed by atoms with Crippen LogP contribution in [0.5, 0.6) is 0 Å². The van der Waals surface area contributed by atoms with Crippen LogP contribution in [0.1, 0.15) is 64.3 Å². The van der Waals surface area contributed by atoms with Crippen molar-refractivity contribution in [2.24, 2.45) is 5.92 Å². The number of hydrogen-bond donors (Lipinski definition) is 1. The minimum atomic E-state index is -3.59. The monoisotopic (exact) mass is 519 g/mol. The molecule has 1 aromatic heterocycles. The molecule has 2 aliphatic rings. The van der Waals surface area contributed by atoms with E-state index in [0.29, 0.717) is 35.1 Å². The number of carbonyl (C=O) groups is 2. The fourth-order valence-corrected chi connectivity index (χ4v) is 7.71. The molecule has 2 aliphatic heterocycles. The lowest BCUT2D eigenvalue weighted by Gasteiger charge is -2.30. The molecule has 0 radical (unpaired) electrons. The van der Waals surface area contributed by atoms with Gasteiger partial charge in [-0.25, -0.2) is 13.2 Å². The average molecular weight is 520 g/mol. The first kappa shape index (κ1) is 25.8. The molecule has 2 aromatic rings. The first-order valence-corrected chi connectivity index (χ1v) is 14.4. The number of rotatable bonds is 7. The summed E-state index contributed by atoms with van der Waals surface area (Å²) in [5, 5.41) is 3.35. The number of ether oxygens (including phenoxy) is 1. The molecule has 190 valence electrons. The molecular weight excluding hydrogens is 486 g/mol. The highest BCUT2D eigenvalue weighted by Crippen LogP contribution is 2.38. The van der Waals surface area contributed by atoms with Crippen LogP contribution < -0.4 is 5.32 Å². The average Bonchev–Trinajstić information content (AvgIpc) is 3.20. The Hall–Kier alpha value is -2.27. The lowest BCUT2D eigenvalue weighted by molar-refractivity contribution is 0.0600. The van der Waals surface area contributed by atoms with Crippen molar-refractivity contribution in [3.8, 4) is 0 Å². The van der Waals surface area contributed by atoms with Gasteiger partial charge in [0.15, 0.2) is 0 Å². The number of sulfonamides is 1. The predicted octanol–water partition coefficient (Wildman–Crippen LogP) is 3.98. The molecule has 1 atom stereocenters. The maximum absolute atomic E-state index is 13.0. The molecule has 1 N–H and O–H groups in total. The number of nitrogens with zero attached hydrogens (tertiary/aromatic N) is 2. The number of benzene rings is 1. The Kier molecular flexibility index (Phi) is 7.95. The van der Waals surface area contributed by atoms with Crippen molar-refractivity contribution in [2.45, 2.75) is 51.0 Å². The number of hydrogen-bond acceptors (Lipinski definition) is 7. The Balaban J connectivity index is 1.53. The van der Waals surface area contributed by atoms with Gasteiger partial charge in [0.05, 0.1) is 17.6 Å². The summed E-state index contributed by atoms with van der Waals surface area (Å²) in [5.41, 5.74) is 1.70. The second kappa shape index (κ2) is 10.8. The number of esters is 1. The highest BCUT2D eigenvalue weighted by Gasteiger charge is 2.30. The summed E-state index contributed by atoms with van der Waals surface area (Å²) < 4.78 is 32.6. The van der Waals surface area contributed by atoms with Gasteiger partial charge in [0, 0.05) is 36.6 Å². The number of amides is 1. The van der Waals surface area contributed by atoms with Crippen molar-refractivity contribution in [1.82, 2.24) is 9.21 Å². The third kappa shape index (κ3) is 5.45. The number of nitrogens with one attached hydrogen (secondary N) is 1. The number of piperidine rings is 1. The summed E-state index contributed by atoms with van der Waals surface area (Å²) in [5.74, 6) is -0.521. The van der Waals surface area contributed by atoms with Gasteiger partial charge in [-0.3, -0.25) is 9.69 Å². The van der Waals surface area contributed by atoms with Crippen molar-refractivity contribution in [3.63, 3.8) is 0 Å². The predicted molar refractivity (Wildman–Crippen MR) is 136 cm³/mol. The van der Waals surface area contributed by atoms with Crippen LogP contribution in [0.4, 0.5) is 5.00 Å². The Bertz CT molecular complexity index is 1190. The first-order valence-electron chi connectivity index (χ1n) is 12.1. The Morgan fingerprint density at radius 3 is 2.60 bits per heavy atom. The molecule has 8 nitrogen and oxygen atoms in total. The van der Waals surface area contributed by atoms with Gasteiger partial charge in [0.1, 0.15) is 5.00 Å². The van der Waals surface area contributed by atoms with E-state index in [4.69, 9.17) is 4.74 Å². The largest absolute Gasteiger partial charge is 0.465 e. The second-order valence-electron chi connectivity index (χ2n) is 9.31. The standard InChI is InChI=1S/C25H33N3O5S2/c1-4-12-27-14-11-20-21(16-27)34-24(22(20)25(30)33-3)26-23(29)18-7-9-19(10-8-18)35(31,32)28-13-5-6-17(2)15-28/h7-10,17H,4-6,11-16H2,1-3H3,(H,26,29). The molecule has 0 bridgehead atoms. The Labute approximate surface area is 211 Å². The Morgan fingerprint density at radius 1 is 1.20 bits per heavy atom. The van der Waals surface area contributed by atoms with E-state index in [1.165, 1.54) is 47.0 Å². The first-order chi connectivity index (χ1) is 16.7. The van der Waals surface area contributed by atoms with Crippen LogP contribution in [0, 0.1) is 5.92 Å². The maximum Gasteiger partial charge on any atom is 0.341 e. The fraction of sp³-hybridized carbons (Fsp3) is 0.520. The van der Waals surface area contributed by atoms with E-state index in [0.717, 1.165) is 55.8 Å². The van der Waals surface area contributed by atoms with Crippen LogP contribution >= 0.6 is 11.3 Å². The van der Waals surface area contributed by atoms with E-state index in [1.807, 2.05) is 0 Å². The number of methoxy groups -OCH3 is 1. The van der Waals surface area contributed by atoms with Crippen LogP contribution in [-0.4, -0.2) is 62.8 Å². The highest BCUT2D eigenvalue weighted by atomic mass is 32.2. The van der Waals surface area contributed by atoms with Crippen LogP contribution in [0.2, 0.25) is 0 Å². The molecule has 0 saturated carbocycles. The van der Waals surface area contributed by atoms with Crippen molar-refractivity contribution >= 4 is 38.2 Å². The summed E-state index contributed by atoms with van der Waals surface area (Å²) >= 11 is 1.41. The minimum Gasteiger partial charge on any atom is -0.465 e. The van der Waals surface area contributed by atoms with Crippen LogP contribution in [-0.2, 0) is 27.7 Å². The molecule has 0 spiro atoms. The summed E-state index contributed by atoms with van der Waals surface area (Å²) in [4.78, 5) is 29.2. The van der Waals surface area contributed by atoms with Crippen molar-refractivity contribution < 1.29 is 22.7 Å². The summed E-state index contributed by atoms with van der Waals surface area (Å²) in [7, 11) is -2.25. The van der Waals surface area contributed by atoms with Crippen molar-refractivity contribution in [3.05, 3.63) is 45.8 Å². The van der Waals surface area contributed by atoms with E-state index in [1.54, 1.807) is 0 Å². The maximum atomic E-state index is 13.0. The summed E-state index contributed by atoms with van der Waals surface area (Å²) in [6, 6.07) is 5.99. The van der Waals surface area contributed by atoms with Gasteiger partial charge >= 0.3 is 5.97 Å². The second-order valence-corrected chi connectivity index (χ2v) is 12.4. The summed E-state index contributed by atoms with van der Waals surface area (Å²) in [6.07, 6.45) is 3.66. The molecule has 1 aromatic carbocycles. The zero-order valence-corrected chi connectivity index (χ0v) is 22.1. The molecule has 1 saturated heterocycles. The number of carbonyl (C=O) groups excluding carboxylic acids is 2. The third-order valence-corrected chi connectivity index (χ3v) is 9.68. The minimum absolute atomic E-state index is 0.181. The van der Waals surface area contributed by atoms with Gasteiger partial charge in [-0.1, -0.05) is 13.8 Å². The molecule has 1 amide bonds.